The molecule has 0 N–H and O–H groups in total. The summed E-state index contributed by atoms with van der Waals surface area (Å²) >= 11 is 5.96. The average molecular weight is 337 g/mol. The van der Waals surface area contributed by atoms with Gasteiger partial charge in [0.05, 0.1) is 0 Å². The van der Waals surface area contributed by atoms with Crippen LogP contribution in [-0.2, 0) is 6.61 Å². The molecule has 0 unspecified atom stereocenters. The molecule has 2 rings (SSSR count). The Morgan fingerprint density at radius 3 is 2.46 bits per heavy atom. The van der Waals surface area contributed by atoms with Gasteiger partial charge in [-0.2, -0.15) is 10.5 Å². The maximum Gasteiger partial charge on any atom is 0.130 e. The Morgan fingerprint density at radius 2 is 1.83 bits per heavy atom. The third kappa shape index (κ3) is 4.16. The number of nitrogens with zero attached hydrogens (tertiary/aromatic N) is 2. The van der Waals surface area contributed by atoms with Gasteiger partial charge in [0.25, 0.3) is 0 Å². The van der Waals surface area contributed by atoms with Crippen LogP contribution >= 0.6 is 11.6 Å². The largest absolute Gasteiger partial charge is 0.489 e. The van der Waals surface area contributed by atoms with E-state index >= 15 is 0 Å². The zero-order valence-corrected chi connectivity index (χ0v) is 14.6. The van der Waals surface area contributed by atoms with Crippen molar-refractivity contribution < 1.29 is 4.74 Å². The molecule has 2 aromatic carbocycles. The number of aryl methyl sites for hydroxylation is 2. The van der Waals surface area contributed by atoms with Crippen molar-refractivity contribution in [3.8, 4) is 17.9 Å². The molecule has 0 fully saturated rings. The number of ether oxygens (including phenoxy) is 1. The maximum atomic E-state index is 8.95. The standard InChI is InChI=1S/C20H17ClN2O/c1-13-6-17(9-16(10-22)11-23)15(3)18(7-13)12-24-20-5-4-19(21)8-14(20)2/h4-9H,12H2,1-3H3. The van der Waals surface area contributed by atoms with E-state index in [4.69, 9.17) is 26.9 Å². The first kappa shape index (κ1) is 17.6. The molecule has 0 bridgehead atoms. The number of benzene rings is 2. The van der Waals surface area contributed by atoms with E-state index in [1.807, 2.05) is 51.1 Å². The average Bonchev–Trinajstić information content (AvgIpc) is 2.55. The van der Waals surface area contributed by atoms with Gasteiger partial charge in [-0.3, -0.25) is 0 Å². The number of nitriles is 2. The number of hydrogen-bond donors (Lipinski definition) is 0. The molecule has 0 aliphatic heterocycles. The predicted octanol–water partition coefficient (Wildman–Crippen LogP) is 5.27. The Balaban J connectivity index is 2.31. The normalized spacial score (nSPS) is 9.75. The van der Waals surface area contributed by atoms with Gasteiger partial charge in [0, 0.05) is 5.02 Å². The Labute approximate surface area is 147 Å². The molecule has 0 radical (unpaired) electrons. The van der Waals surface area contributed by atoms with Crippen LogP contribution < -0.4 is 4.74 Å². The van der Waals surface area contributed by atoms with E-state index in [1.54, 1.807) is 12.1 Å². The fourth-order valence-electron chi connectivity index (χ4n) is 2.44. The van der Waals surface area contributed by atoms with Crippen molar-refractivity contribution in [2.24, 2.45) is 0 Å². The van der Waals surface area contributed by atoms with Gasteiger partial charge in [0.15, 0.2) is 0 Å². The van der Waals surface area contributed by atoms with Gasteiger partial charge in [-0.15, -0.1) is 0 Å². The van der Waals surface area contributed by atoms with Crippen LogP contribution in [0.15, 0.2) is 35.9 Å². The van der Waals surface area contributed by atoms with E-state index in [9.17, 15) is 0 Å². The Kier molecular flexibility index (Phi) is 5.64. The van der Waals surface area contributed by atoms with Crippen LogP contribution in [0.2, 0.25) is 5.02 Å². The summed E-state index contributed by atoms with van der Waals surface area (Å²) in [4.78, 5) is 0. The molecular weight excluding hydrogens is 320 g/mol. The molecule has 0 atom stereocenters. The summed E-state index contributed by atoms with van der Waals surface area (Å²) in [5, 5.41) is 18.6. The third-order valence-electron chi connectivity index (χ3n) is 3.76. The smallest absolute Gasteiger partial charge is 0.130 e. The summed E-state index contributed by atoms with van der Waals surface area (Å²) in [5.41, 5.74) is 4.99. The van der Waals surface area contributed by atoms with E-state index < -0.39 is 0 Å². The molecule has 0 aliphatic rings. The second-order valence-electron chi connectivity index (χ2n) is 5.62. The molecule has 0 aliphatic carbocycles. The first-order chi connectivity index (χ1) is 11.4. The molecule has 2 aromatic rings. The molecule has 24 heavy (non-hydrogen) atoms. The summed E-state index contributed by atoms with van der Waals surface area (Å²) in [6, 6.07) is 13.3. The van der Waals surface area contributed by atoms with Crippen molar-refractivity contribution >= 4 is 17.7 Å². The summed E-state index contributed by atoms with van der Waals surface area (Å²) in [6.07, 6.45) is 1.61. The topological polar surface area (TPSA) is 56.8 Å². The van der Waals surface area contributed by atoms with E-state index in [2.05, 4.69) is 6.07 Å². The van der Waals surface area contributed by atoms with E-state index in [1.165, 1.54) is 0 Å². The molecule has 0 amide bonds. The first-order valence-corrected chi connectivity index (χ1v) is 7.83. The monoisotopic (exact) mass is 336 g/mol. The van der Waals surface area contributed by atoms with Gasteiger partial charge >= 0.3 is 0 Å². The molecule has 0 saturated carbocycles. The molecule has 0 heterocycles. The quantitative estimate of drug-likeness (QED) is 0.714. The van der Waals surface area contributed by atoms with Gasteiger partial charge in [0.2, 0.25) is 0 Å². The van der Waals surface area contributed by atoms with Gasteiger partial charge in [-0.25, -0.2) is 0 Å². The lowest BCUT2D eigenvalue weighted by molar-refractivity contribution is 0.303. The fraction of sp³-hybridized carbons (Fsp3) is 0.200. The second-order valence-corrected chi connectivity index (χ2v) is 6.05. The molecular formula is C20H17ClN2O. The highest BCUT2D eigenvalue weighted by Gasteiger charge is 2.08. The van der Waals surface area contributed by atoms with Crippen LogP contribution in [0.1, 0.15) is 27.8 Å². The Hall–Kier alpha value is -2.75. The molecule has 4 heteroatoms. The Morgan fingerprint density at radius 1 is 1.12 bits per heavy atom. The van der Waals surface area contributed by atoms with Crippen molar-refractivity contribution in [2.75, 3.05) is 0 Å². The highest BCUT2D eigenvalue weighted by atomic mass is 35.5. The van der Waals surface area contributed by atoms with Crippen LogP contribution in [0.4, 0.5) is 0 Å². The van der Waals surface area contributed by atoms with Crippen molar-refractivity contribution in [3.05, 3.63) is 68.7 Å². The number of allylic oxidation sites excluding steroid dienone is 1. The highest BCUT2D eigenvalue weighted by molar-refractivity contribution is 6.30. The number of rotatable bonds is 4. The lowest BCUT2D eigenvalue weighted by Gasteiger charge is -2.14. The summed E-state index contributed by atoms with van der Waals surface area (Å²) in [5.74, 6) is 0.784. The van der Waals surface area contributed by atoms with Crippen LogP contribution in [-0.4, -0.2) is 0 Å². The van der Waals surface area contributed by atoms with Crippen LogP contribution in [0.3, 0.4) is 0 Å². The van der Waals surface area contributed by atoms with Gasteiger partial charge in [-0.1, -0.05) is 29.3 Å². The van der Waals surface area contributed by atoms with Gasteiger partial charge in [0.1, 0.15) is 30.1 Å². The molecule has 0 spiro atoms. The number of hydrogen-bond acceptors (Lipinski definition) is 3. The Bertz CT molecular complexity index is 870. The van der Waals surface area contributed by atoms with Gasteiger partial charge < -0.3 is 4.74 Å². The zero-order chi connectivity index (χ0) is 17.7. The fourth-order valence-corrected chi connectivity index (χ4v) is 2.67. The molecule has 0 saturated heterocycles. The lowest BCUT2D eigenvalue weighted by atomic mass is 9.98. The van der Waals surface area contributed by atoms with Crippen LogP contribution in [0.25, 0.3) is 6.08 Å². The van der Waals surface area contributed by atoms with Crippen molar-refractivity contribution in [1.29, 1.82) is 10.5 Å². The van der Waals surface area contributed by atoms with Crippen molar-refractivity contribution in [3.63, 3.8) is 0 Å². The third-order valence-corrected chi connectivity index (χ3v) is 4.00. The van der Waals surface area contributed by atoms with E-state index in [0.29, 0.717) is 11.6 Å². The minimum Gasteiger partial charge on any atom is -0.489 e. The second kappa shape index (κ2) is 7.68. The predicted molar refractivity (Wildman–Crippen MR) is 95.6 cm³/mol. The van der Waals surface area contributed by atoms with Crippen LogP contribution in [0.5, 0.6) is 5.75 Å². The SMILES string of the molecule is Cc1cc(C=C(C#N)C#N)c(C)c(COc2ccc(Cl)cc2C)c1. The summed E-state index contributed by atoms with van der Waals surface area (Å²) < 4.78 is 5.92. The summed E-state index contributed by atoms with van der Waals surface area (Å²) in [6.45, 7) is 6.30. The van der Waals surface area contributed by atoms with Crippen molar-refractivity contribution in [2.45, 2.75) is 27.4 Å². The van der Waals surface area contributed by atoms with E-state index in [0.717, 1.165) is 33.6 Å². The molecule has 0 aromatic heterocycles. The first-order valence-electron chi connectivity index (χ1n) is 7.45. The minimum atomic E-state index is 0.0871. The van der Waals surface area contributed by atoms with Gasteiger partial charge in [-0.05, 0) is 67.3 Å². The zero-order valence-electron chi connectivity index (χ0n) is 13.9. The minimum absolute atomic E-state index is 0.0871. The summed E-state index contributed by atoms with van der Waals surface area (Å²) in [7, 11) is 0. The molecule has 120 valence electrons. The van der Waals surface area contributed by atoms with Crippen molar-refractivity contribution in [1.82, 2.24) is 0 Å². The van der Waals surface area contributed by atoms with Crippen LogP contribution in [0, 0.1) is 43.4 Å². The van der Waals surface area contributed by atoms with E-state index in [-0.39, 0.29) is 5.57 Å². The number of halogens is 1. The maximum absolute atomic E-state index is 8.95. The highest BCUT2D eigenvalue weighted by Crippen LogP contribution is 2.25. The molecule has 3 nitrogen and oxygen atoms in total. The lowest BCUT2D eigenvalue weighted by Crippen LogP contribution is -2.01.